The van der Waals surface area contributed by atoms with Crippen molar-refractivity contribution in [1.82, 2.24) is 10.3 Å². The summed E-state index contributed by atoms with van der Waals surface area (Å²) in [6.07, 6.45) is -3.02. The summed E-state index contributed by atoms with van der Waals surface area (Å²) in [4.78, 5) is 27.9. The van der Waals surface area contributed by atoms with Crippen molar-refractivity contribution >= 4 is 22.7 Å². The average Bonchev–Trinajstić information content (AvgIpc) is 3.26. The molecule has 0 aliphatic carbocycles. The number of carbonyl (C=O) groups excluding carboxylic acids is 2. The maximum atomic E-state index is 13.3. The van der Waals surface area contributed by atoms with Gasteiger partial charge < -0.3 is 20.8 Å². The number of aromatic nitrogens is 1. The van der Waals surface area contributed by atoms with Crippen molar-refractivity contribution in [3.8, 4) is 22.9 Å². The zero-order valence-electron chi connectivity index (χ0n) is 20.2. The second kappa shape index (κ2) is 10.7. The van der Waals surface area contributed by atoms with Gasteiger partial charge in [-0.15, -0.1) is 13.2 Å². The van der Waals surface area contributed by atoms with Crippen molar-refractivity contribution in [1.29, 1.82) is 5.26 Å². The zero-order chi connectivity index (χ0) is 27.4. The number of benzene rings is 3. The molecule has 0 aliphatic heterocycles. The molecule has 10 heteroatoms. The number of fused-ring (bicyclic) bond motifs is 1. The highest BCUT2D eigenvalue weighted by molar-refractivity contribution is 5.99. The molecule has 4 aromatic rings. The SMILES string of the molecule is Cc1cc(C(N)=O)ccc1-c1ccc(OC(F)(F)F)c(C(=O)NC(CC#N)Cc2c[nH]c3ccccc23)c1. The lowest BCUT2D eigenvalue weighted by molar-refractivity contribution is -0.274. The fourth-order valence-electron chi connectivity index (χ4n) is 4.34. The molecule has 3 aromatic carbocycles. The Morgan fingerprint density at radius 3 is 2.58 bits per heavy atom. The van der Waals surface area contributed by atoms with Crippen LogP contribution in [0.2, 0.25) is 0 Å². The number of nitriles is 1. The van der Waals surface area contributed by atoms with Gasteiger partial charge >= 0.3 is 6.36 Å². The molecule has 0 aliphatic rings. The highest BCUT2D eigenvalue weighted by Crippen LogP contribution is 2.32. The molecule has 0 saturated heterocycles. The number of ether oxygens (including phenoxy) is 1. The van der Waals surface area contributed by atoms with E-state index in [0.29, 0.717) is 16.7 Å². The summed E-state index contributed by atoms with van der Waals surface area (Å²) >= 11 is 0. The lowest BCUT2D eigenvalue weighted by Crippen LogP contribution is -2.36. The number of amides is 2. The monoisotopic (exact) mass is 520 g/mol. The first-order valence-corrected chi connectivity index (χ1v) is 11.6. The van der Waals surface area contributed by atoms with Gasteiger partial charge in [-0.05, 0) is 65.9 Å². The minimum Gasteiger partial charge on any atom is -0.405 e. The number of primary amides is 1. The van der Waals surface area contributed by atoms with E-state index in [2.05, 4.69) is 15.0 Å². The Hall–Kier alpha value is -4.78. The molecule has 4 rings (SSSR count). The maximum Gasteiger partial charge on any atom is 0.573 e. The molecular formula is C28H23F3N4O3. The van der Waals surface area contributed by atoms with Crippen LogP contribution in [0.15, 0.2) is 66.9 Å². The summed E-state index contributed by atoms with van der Waals surface area (Å²) in [7, 11) is 0. The van der Waals surface area contributed by atoms with Crippen LogP contribution in [0.3, 0.4) is 0 Å². The number of nitrogens with one attached hydrogen (secondary N) is 2. The highest BCUT2D eigenvalue weighted by Gasteiger charge is 2.33. The predicted octanol–water partition coefficient (Wildman–Crippen LogP) is 5.40. The van der Waals surface area contributed by atoms with Crippen LogP contribution in [0.4, 0.5) is 13.2 Å². The van der Waals surface area contributed by atoms with Gasteiger partial charge in [0.1, 0.15) is 5.75 Å². The first-order chi connectivity index (χ1) is 18.1. The highest BCUT2D eigenvalue weighted by atomic mass is 19.4. The third-order valence-electron chi connectivity index (χ3n) is 6.09. The van der Waals surface area contributed by atoms with E-state index in [-0.39, 0.29) is 24.0 Å². The molecule has 7 nitrogen and oxygen atoms in total. The normalized spacial score (nSPS) is 12.1. The van der Waals surface area contributed by atoms with Crippen LogP contribution in [-0.4, -0.2) is 29.2 Å². The third kappa shape index (κ3) is 5.95. The molecule has 0 saturated carbocycles. The van der Waals surface area contributed by atoms with Crippen molar-refractivity contribution in [2.45, 2.75) is 32.2 Å². The molecule has 194 valence electrons. The second-order valence-corrected chi connectivity index (χ2v) is 8.75. The molecule has 1 aromatic heterocycles. The van der Waals surface area contributed by atoms with E-state index in [1.54, 1.807) is 25.3 Å². The largest absolute Gasteiger partial charge is 0.573 e. The number of nitrogens with zero attached hydrogens (tertiary/aromatic N) is 1. The molecule has 1 unspecified atom stereocenters. The number of nitrogens with two attached hydrogens (primary N) is 1. The molecule has 0 spiro atoms. The minimum atomic E-state index is -5.02. The Morgan fingerprint density at radius 1 is 1.13 bits per heavy atom. The van der Waals surface area contributed by atoms with Gasteiger partial charge in [0, 0.05) is 28.7 Å². The Bertz CT molecular complexity index is 1550. The van der Waals surface area contributed by atoms with Gasteiger partial charge in [0.2, 0.25) is 5.91 Å². The van der Waals surface area contributed by atoms with E-state index in [1.807, 2.05) is 30.3 Å². The molecule has 1 atom stereocenters. The number of para-hydroxylation sites is 1. The standard InChI is InChI=1S/C28H23F3N4O3/c1-16-12-18(26(33)36)6-8-21(16)17-7-9-25(38-28(29,30)31)23(14-17)27(37)35-20(10-11-32)13-19-15-34-24-5-3-2-4-22(19)24/h2-9,12,14-15,20,34H,10,13H2,1H3,(H2,33,36)(H,35,37). The van der Waals surface area contributed by atoms with Crippen molar-refractivity contribution in [3.05, 3.63) is 89.1 Å². The Kier molecular flexibility index (Phi) is 7.39. The van der Waals surface area contributed by atoms with Crippen molar-refractivity contribution in [2.24, 2.45) is 5.73 Å². The number of hydrogen-bond donors (Lipinski definition) is 3. The van der Waals surface area contributed by atoms with Gasteiger partial charge in [-0.2, -0.15) is 5.26 Å². The minimum absolute atomic E-state index is 0.0614. The first kappa shape index (κ1) is 26.3. The summed E-state index contributed by atoms with van der Waals surface area (Å²) in [5, 5.41) is 13.0. The number of rotatable bonds is 8. The van der Waals surface area contributed by atoms with Crippen LogP contribution >= 0.6 is 0 Å². The maximum absolute atomic E-state index is 13.3. The van der Waals surface area contributed by atoms with Crippen LogP contribution in [0, 0.1) is 18.3 Å². The lowest BCUT2D eigenvalue weighted by atomic mass is 9.96. The molecule has 0 bridgehead atoms. The van der Waals surface area contributed by atoms with E-state index in [9.17, 15) is 28.0 Å². The first-order valence-electron chi connectivity index (χ1n) is 11.6. The molecule has 4 N–H and O–H groups in total. The van der Waals surface area contributed by atoms with E-state index in [4.69, 9.17) is 5.73 Å². The Balaban J connectivity index is 1.68. The number of alkyl halides is 3. The topological polar surface area (TPSA) is 121 Å². The molecule has 2 amide bonds. The number of aryl methyl sites for hydroxylation is 1. The summed E-state index contributed by atoms with van der Waals surface area (Å²) in [5.74, 6) is -2.11. The fourth-order valence-corrected chi connectivity index (χ4v) is 4.34. The average molecular weight is 521 g/mol. The van der Waals surface area contributed by atoms with Crippen molar-refractivity contribution in [3.63, 3.8) is 0 Å². The number of halogens is 3. The summed E-state index contributed by atoms with van der Waals surface area (Å²) in [5.41, 5.74) is 8.66. The molecule has 1 heterocycles. The zero-order valence-corrected chi connectivity index (χ0v) is 20.2. The molecular weight excluding hydrogens is 497 g/mol. The molecule has 0 fully saturated rings. The van der Waals surface area contributed by atoms with E-state index in [1.165, 1.54) is 18.2 Å². The van der Waals surface area contributed by atoms with Crippen LogP contribution < -0.4 is 15.8 Å². The van der Waals surface area contributed by atoms with E-state index in [0.717, 1.165) is 22.5 Å². The number of hydrogen-bond acceptors (Lipinski definition) is 4. The van der Waals surface area contributed by atoms with Crippen LogP contribution in [0.5, 0.6) is 5.75 Å². The van der Waals surface area contributed by atoms with Gasteiger partial charge in [-0.1, -0.05) is 30.3 Å². The smallest absolute Gasteiger partial charge is 0.405 e. The van der Waals surface area contributed by atoms with Crippen LogP contribution in [-0.2, 0) is 6.42 Å². The summed E-state index contributed by atoms with van der Waals surface area (Å²) in [6.45, 7) is 1.71. The number of aromatic amines is 1. The summed E-state index contributed by atoms with van der Waals surface area (Å²) in [6, 6.07) is 17.3. The molecule has 38 heavy (non-hydrogen) atoms. The second-order valence-electron chi connectivity index (χ2n) is 8.75. The number of H-pyrrole nitrogens is 1. The van der Waals surface area contributed by atoms with Crippen LogP contribution in [0.25, 0.3) is 22.0 Å². The van der Waals surface area contributed by atoms with E-state index < -0.39 is 30.0 Å². The lowest BCUT2D eigenvalue weighted by Gasteiger charge is -2.19. The fraction of sp³-hybridized carbons (Fsp3) is 0.179. The van der Waals surface area contributed by atoms with Gasteiger partial charge in [-0.3, -0.25) is 9.59 Å². The Labute approximate surface area is 216 Å². The van der Waals surface area contributed by atoms with Crippen molar-refractivity contribution in [2.75, 3.05) is 0 Å². The summed E-state index contributed by atoms with van der Waals surface area (Å²) < 4.78 is 43.5. The van der Waals surface area contributed by atoms with Gasteiger partial charge in [0.15, 0.2) is 0 Å². The van der Waals surface area contributed by atoms with E-state index >= 15 is 0 Å². The quantitative estimate of drug-likeness (QED) is 0.288. The predicted molar refractivity (Wildman–Crippen MR) is 135 cm³/mol. The van der Waals surface area contributed by atoms with Crippen LogP contribution in [0.1, 0.15) is 38.3 Å². The van der Waals surface area contributed by atoms with Gasteiger partial charge in [-0.25, -0.2) is 0 Å². The van der Waals surface area contributed by atoms with Crippen molar-refractivity contribution < 1.29 is 27.5 Å². The third-order valence-corrected chi connectivity index (χ3v) is 6.09. The molecule has 0 radical (unpaired) electrons. The Morgan fingerprint density at radius 2 is 1.89 bits per heavy atom. The van der Waals surface area contributed by atoms with Gasteiger partial charge in [0.05, 0.1) is 18.1 Å². The van der Waals surface area contributed by atoms with Gasteiger partial charge in [0.25, 0.3) is 5.91 Å². The number of carbonyl (C=O) groups is 2.